The summed E-state index contributed by atoms with van der Waals surface area (Å²) in [5.41, 5.74) is 0.685. The molecule has 0 heterocycles. The lowest BCUT2D eigenvalue weighted by Crippen LogP contribution is -2.40. The Balaban J connectivity index is 2.64. The van der Waals surface area contributed by atoms with Crippen LogP contribution in [0.25, 0.3) is 0 Å². The fraction of sp³-hybridized carbons (Fsp3) is 0.429. The van der Waals surface area contributed by atoms with Gasteiger partial charge in [-0.2, -0.15) is 0 Å². The first kappa shape index (κ1) is 18.1. The number of amides is 1. The van der Waals surface area contributed by atoms with Crippen LogP contribution in [-0.2, 0) is 9.59 Å². The number of likely N-dealkylation sites (N-methyl/N-ethyl adjacent to an activating group) is 1. The third-order valence-corrected chi connectivity index (χ3v) is 4.20. The maximum Gasteiger partial charge on any atom is 0.304 e. The average molecular weight is 422 g/mol. The van der Waals surface area contributed by atoms with Crippen molar-refractivity contribution in [2.45, 2.75) is 26.3 Å². The number of rotatable bonds is 7. The van der Waals surface area contributed by atoms with Gasteiger partial charge in [0.2, 0.25) is 5.91 Å². The molecule has 1 aromatic carbocycles. The maximum atomic E-state index is 12.1. The number of carbonyl (C=O) groups is 2. The number of anilines is 1. The highest BCUT2D eigenvalue weighted by Crippen LogP contribution is 2.26. The van der Waals surface area contributed by atoms with E-state index in [1.807, 2.05) is 24.0 Å². The minimum atomic E-state index is -0.864. The highest BCUT2D eigenvalue weighted by molar-refractivity contribution is 9.11. The molecule has 0 bridgehead atoms. The molecule has 1 atom stereocenters. The van der Waals surface area contributed by atoms with Gasteiger partial charge in [-0.15, -0.1) is 0 Å². The lowest BCUT2D eigenvalue weighted by atomic mass is 10.2. The molecule has 7 heteroatoms. The van der Waals surface area contributed by atoms with E-state index >= 15 is 0 Å². The SMILES string of the molecule is CCN(CC(=O)Nc1ccc(Br)cc1Br)C(C)CC(=O)O. The van der Waals surface area contributed by atoms with E-state index < -0.39 is 5.97 Å². The second-order valence-corrected chi connectivity index (χ2v) is 6.45. The summed E-state index contributed by atoms with van der Waals surface area (Å²) in [5, 5.41) is 11.6. The highest BCUT2D eigenvalue weighted by atomic mass is 79.9. The largest absolute Gasteiger partial charge is 0.481 e. The smallest absolute Gasteiger partial charge is 0.304 e. The Morgan fingerprint density at radius 1 is 1.38 bits per heavy atom. The molecule has 5 nitrogen and oxygen atoms in total. The third kappa shape index (κ3) is 6.15. The van der Waals surface area contributed by atoms with Crippen LogP contribution < -0.4 is 5.32 Å². The van der Waals surface area contributed by atoms with Gasteiger partial charge in [-0.1, -0.05) is 22.9 Å². The van der Waals surface area contributed by atoms with Gasteiger partial charge >= 0.3 is 5.97 Å². The summed E-state index contributed by atoms with van der Waals surface area (Å²) in [7, 11) is 0. The van der Waals surface area contributed by atoms with Crippen LogP contribution in [0, 0.1) is 0 Å². The lowest BCUT2D eigenvalue weighted by molar-refractivity contribution is -0.138. The van der Waals surface area contributed by atoms with Gasteiger partial charge < -0.3 is 10.4 Å². The zero-order valence-corrected chi connectivity index (χ0v) is 15.1. The molecule has 21 heavy (non-hydrogen) atoms. The lowest BCUT2D eigenvalue weighted by Gasteiger charge is -2.26. The summed E-state index contributed by atoms with van der Waals surface area (Å²) in [5.74, 6) is -1.03. The minimum absolute atomic E-state index is 0.0170. The predicted molar refractivity (Wildman–Crippen MR) is 89.4 cm³/mol. The second kappa shape index (κ2) is 8.51. The fourth-order valence-electron chi connectivity index (χ4n) is 1.93. The van der Waals surface area contributed by atoms with Gasteiger partial charge in [0.15, 0.2) is 0 Å². The Hall–Kier alpha value is -0.920. The predicted octanol–water partition coefficient (Wildman–Crippen LogP) is 3.34. The van der Waals surface area contributed by atoms with Crippen LogP contribution in [-0.4, -0.2) is 41.0 Å². The van der Waals surface area contributed by atoms with E-state index in [0.29, 0.717) is 12.2 Å². The number of carboxylic acids is 1. The van der Waals surface area contributed by atoms with Crippen molar-refractivity contribution in [2.75, 3.05) is 18.4 Å². The Morgan fingerprint density at radius 2 is 2.05 bits per heavy atom. The van der Waals surface area contributed by atoms with Crippen LogP contribution in [0.4, 0.5) is 5.69 Å². The molecule has 116 valence electrons. The Kier molecular flexibility index (Phi) is 7.34. The molecule has 1 unspecified atom stereocenters. The molecule has 0 saturated carbocycles. The number of halogens is 2. The van der Waals surface area contributed by atoms with Crippen molar-refractivity contribution in [1.29, 1.82) is 0 Å². The van der Waals surface area contributed by atoms with E-state index in [1.54, 1.807) is 13.0 Å². The topological polar surface area (TPSA) is 69.6 Å². The van der Waals surface area contributed by atoms with Crippen LogP contribution in [0.15, 0.2) is 27.1 Å². The average Bonchev–Trinajstić information content (AvgIpc) is 2.38. The van der Waals surface area contributed by atoms with E-state index in [-0.39, 0.29) is 24.9 Å². The molecular weight excluding hydrogens is 404 g/mol. The molecule has 0 aliphatic heterocycles. The first-order chi connectivity index (χ1) is 9.83. The minimum Gasteiger partial charge on any atom is -0.481 e. The number of nitrogens with one attached hydrogen (secondary N) is 1. The Bertz CT molecular complexity index is 523. The molecule has 0 spiro atoms. The summed E-state index contributed by atoms with van der Waals surface area (Å²) in [6.07, 6.45) is 0.0170. The standard InChI is InChI=1S/C14H18Br2N2O3/c1-3-18(9(2)6-14(20)21)8-13(19)17-12-5-4-10(15)7-11(12)16/h4-5,7,9H,3,6,8H2,1-2H3,(H,17,19)(H,20,21). The van der Waals surface area contributed by atoms with Crippen LogP contribution >= 0.6 is 31.9 Å². The first-order valence-corrected chi connectivity index (χ1v) is 8.12. The number of nitrogens with zero attached hydrogens (tertiary/aromatic N) is 1. The molecule has 0 aromatic heterocycles. The summed E-state index contributed by atoms with van der Waals surface area (Å²) in [6, 6.07) is 5.29. The molecule has 1 rings (SSSR count). The normalized spacial score (nSPS) is 12.2. The van der Waals surface area contributed by atoms with Crippen molar-refractivity contribution in [3.05, 3.63) is 27.1 Å². The maximum absolute atomic E-state index is 12.1. The van der Waals surface area contributed by atoms with E-state index in [0.717, 1.165) is 8.95 Å². The zero-order chi connectivity index (χ0) is 16.0. The van der Waals surface area contributed by atoms with Crippen molar-refractivity contribution >= 4 is 49.4 Å². The number of benzene rings is 1. The Labute approximate surface area is 141 Å². The van der Waals surface area contributed by atoms with Gasteiger partial charge in [-0.05, 0) is 47.6 Å². The van der Waals surface area contributed by atoms with Gasteiger partial charge in [0.25, 0.3) is 0 Å². The summed E-state index contributed by atoms with van der Waals surface area (Å²) in [6.45, 7) is 4.48. The van der Waals surface area contributed by atoms with Crippen LogP contribution in [0.3, 0.4) is 0 Å². The van der Waals surface area contributed by atoms with Crippen LogP contribution in [0.5, 0.6) is 0 Å². The van der Waals surface area contributed by atoms with Gasteiger partial charge in [-0.25, -0.2) is 0 Å². The molecule has 2 N–H and O–H groups in total. The van der Waals surface area contributed by atoms with E-state index in [1.165, 1.54) is 0 Å². The molecular formula is C14H18Br2N2O3. The van der Waals surface area contributed by atoms with E-state index in [4.69, 9.17) is 5.11 Å². The Morgan fingerprint density at radius 3 is 2.57 bits per heavy atom. The van der Waals surface area contributed by atoms with E-state index in [2.05, 4.69) is 37.2 Å². The molecule has 0 radical (unpaired) electrons. The molecule has 1 aromatic rings. The van der Waals surface area contributed by atoms with Crippen molar-refractivity contribution in [3.8, 4) is 0 Å². The molecule has 0 saturated heterocycles. The first-order valence-electron chi connectivity index (χ1n) is 6.54. The number of aliphatic carboxylic acids is 1. The summed E-state index contributed by atoms with van der Waals surface area (Å²) in [4.78, 5) is 24.7. The van der Waals surface area contributed by atoms with Crippen molar-refractivity contribution in [3.63, 3.8) is 0 Å². The van der Waals surface area contributed by atoms with Gasteiger partial charge in [0.1, 0.15) is 0 Å². The van der Waals surface area contributed by atoms with Crippen LogP contribution in [0.2, 0.25) is 0 Å². The molecule has 0 fully saturated rings. The van der Waals surface area contributed by atoms with Gasteiger partial charge in [-0.3, -0.25) is 14.5 Å². The monoisotopic (exact) mass is 420 g/mol. The molecule has 1 amide bonds. The van der Waals surface area contributed by atoms with Gasteiger partial charge in [0, 0.05) is 15.0 Å². The highest BCUT2D eigenvalue weighted by Gasteiger charge is 2.18. The molecule has 0 aliphatic carbocycles. The van der Waals surface area contributed by atoms with Crippen LogP contribution in [0.1, 0.15) is 20.3 Å². The second-order valence-electron chi connectivity index (χ2n) is 4.68. The zero-order valence-electron chi connectivity index (χ0n) is 11.9. The quantitative estimate of drug-likeness (QED) is 0.708. The number of hydrogen-bond donors (Lipinski definition) is 2. The summed E-state index contributed by atoms with van der Waals surface area (Å²) >= 11 is 6.73. The molecule has 0 aliphatic rings. The fourth-order valence-corrected chi connectivity index (χ4v) is 3.07. The third-order valence-electron chi connectivity index (χ3n) is 3.05. The van der Waals surface area contributed by atoms with E-state index in [9.17, 15) is 9.59 Å². The van der Waals surface area contributed by atoms with Gasteiger partial charge in [0.05, 0.1) is 18.7 Å². The summed E-state index contributed by atoms with van der Waals surface area (Å²) < 4.78 is 1.70. The van der Waals surface area contributed by atoms with Crippen molar-refractivity contribution < 1.29 is 14.7 Å². The number of carboxylic acid groups (broad SMARTS) is 1. The number of carbonyl (C=O) groups excluding carboxylic acids is 1. The number of hydrogen-bond acceptors (Lipinski definition) is 3. The van der Waals surface area contributed by atoms with Crippen molar-refractivity contribution in [1.82, 2.24) is 4.90 Å². The van der Waals surface area contributed by atoms with Crippen molar-refractivity contribution in [2.24, 2.45) is 0 Å².